The number of anilines is 1. The molecule has 3 rings (SSSR count). The quantitative estimate of drug-likeness (QED) is 0.794. The lowest BCUT2D eigenvalue weighted by Gasteiger charge is -2.02. The van der Waals surface area contributed by atoms with Crippen molar-refractivity contribution in [2.45, 2.75) is 6.61 Å². The van der Waals surface area contributed by atoms with Crippen LogP contribution in [0.5, 0.6) is 0 Å². The summed E-state index contributed by atoms with van der Waals surface area (Å²) in [5.74, 6) is 0.788. The Morgan fingerprint density at radius 3 is 2.90 bits per heavy atom. The third-order valence-electron chi connectivity index (χ3n) is 2.81. The van der Waals surface area contributed by atoms with Gasteiger partial charge in [-0.25, -0.2) is 14.4 Å². The van der Waals surface area contributed by atoms with E-state index in [1.165, 1.54) is 6.07 Å². The van der Waals surface area contributed by atoms with E-state index in [4.69, 9.17) is 14.9 Å². The van der Waals surface area contributed by atoms with Crippen LogP contribution < -0.4 is 5.73 Å². The predicted molar refractivity (Wildman–Crippen MR) is 72.3 cm³/mol. The number of aromatic nitrogens is 2. The van der Waals surface area contributed by atoms with Crippen LogP contribution in [0.2, 0.25) is 0 Å². The first-order chi connectivity index (χ1) is 9.67. The van der Waals surface area contributed by atoms with Gasteiger partial charge in [-0.1, -0.05) is 12.1 Å². The van der Waals surface area contributed by atoms with Crippen molar-refractivity contribution < 1.29 is 13.5 Å². The number of nitrogens with two attached hydrogens (primary N) is 1. The molecule has 0 amide bonds. The minimum atomic E-state index is -0.409. The first kappa shape index (κ1) is 12.6. The lowest BCUT2D eigenvalue weighted by Crippen LogP contribution is -2.02. The van der Waals surface area contributed by atoms with E-state index in [-0.39, 0.29) is 12.2 Å². The highest BCUT2D eigenvalue weighted by Gasteiger charge is 2.12. The zero-order chi connectivity index (χ0) is 14.1. The zero-order valence-electron chi connectivity index (χ0n) is 10.8. The number of hydrogen-bond acceptors (Lipinski definition) is 5. The standard InChI is InChI=1S/C14H12FN3O2/c1-19-7-13-17-10(6-12(16)18-13)11-5-8-3-2-4-9(15)14(8)20-11/h2-6H,7H2,1H3,(H2,16,17,18). The molecular weight excluding hydrogens is 261 g/mol. The van der Waals surface area contributed by atoms with Gasteiger partial charge in [0, 0.05) is 18.6 Å². The van der Waals surface area contributed by atoms with Crippen LogP contribution in [-0.2, 0) is 11.3 Å². The van der Waals surface area contributed by atoms with Gasteiger partial charge < -0.3 is 14.9 Å². The Balaban J connectivity index is 2.12. The Hall–Kier alpha value is -2.47. The molecule has 0 aliphatic heterocycles. The second-order valence-electron chi connectivity index (χ2n) is 4.30. The van der Waals surface area contributed by atoms with Gasteiger partial charge in [-0.15, -0.1) is 0 Å². The molecule has 0 saturated carbocycles. The highest BCUT2D eigenvalue weighted by atomic mass is 19.1. The molecule has 0 radical (unpaired) electrons. The highest BCUT2D eigenvalue weighted by Crippen LogP contribution is 2.28. The van der Waals surface area contributed by atoms with Crippen LogP contribution in [0.1, 0.15) is 5.82 Å². The number of para-hydroxylation sites is 1. The number of rotatable bonds is 3. The maximum atomic E-state index is 13.6. The molecule has 102 valence electrons. The van der Waals surface area contributed by atoms with Crippen molar-refractivity contribution in [3.8, 4) is 11.5 Å². The van der Waals surface area contributed by atoms with E-state index < -0.39 is 5.82 Å². The molecule has 5 nitrogen and oxygen atoms in total. The molecule has 2 N–H and O–H groups in total. The number of methoxy groups -OCH3 is 1. The van der Waals surface area contributed by atoms with Gasteiger partial charge in [-0.3, -0.25) is 0 Å². The fourth-order valence-corrected chi connectivity index (χ4v) is 1.99. The van der Waals surface area contributed by atoms with Crippen LogP contribution in [0, 0.1) is 5.82 Å². The van der Waals surface area contributed by atoms with Crippen molar-refractivity contribution in [2.75, 3.05) is 12.8 Å². The molecule has 0 unspecified atom stereocenters. The van der Waals surface area contributed by atoms with Gasteiger partial charge in [0.05, 0.1) is 0 Å². The van der Waals surface area contributed by atoms with Gasteiger partial charge >= 0.3 is 0 Å². The second kappa shape index (κ2) is 4.90. The summed E-state index contributed by atoms with van der Waals surface area (Å²) >= 11 is 0. The van der Waals surface area contributed by atoms with Gasteiger partial charge in [0.1, 0.15) is 18.1 Å². The molecule has 0 bridgehead atoms. The number of ether oxygens (including phenoxy) is 1. The fourth-order valence-electron chi connectivity index (χ4n) is 1.99. The number of benzene rings is 1. The van der Waals surface area contributed by atoms with Gasteiger partial charge in [0.25, 0.3) is 0 Å². The lowest BCUT2D eigenvalue weighted by molar-refractivity contribution is 0.178. The molecule has 1 aromatic carbocycles. The van der Waals surface area contributed by atoms with Crippen LogP contribution in [-0.4, -0.2) is 17.1 Å². The highest BCUT2D eigenvalue weighted by molar-refractivity contribution is 5.82. The third kappa shape index (κ3) is 2.21. The summed E-state index contributed by atoms with van der Waals surface area (Å²) in [5, 5.41) is 0.672. The molecule has 3 aromatic rings. The lowest BCUT2D eigenvalue weighted by atomic mass is 10.2. The summed E-state index contributed by atoms with van der Waals surface area (Å²) in [6.45, 7) is 0.243. The number of nitrogens with zero attached hydrogens (tertiary/aromatic N) is 2. The SMILES string of the molecule is COCc1nc(N)cc(-c2cc3cccc(F)c3o2)n1. The summed E-state index contributed by atoms with van der Waals surface area (Å²) < 4.78 is 24.1. The fraction of sp³-hybridized carbons (Fsp3) is 0.143. The third-order valence-corrected chi connectivity index (χ3v) is 2.81. The Morgan fingerprint density at radius 2 is 2.15 bits per heavy atom. The van der Waals surface area contributed by atoms with Gasteiger partial charge in [-0.2, -0.15) is 0 Å². The summed E-state index contributed by atoms with van der Waals surface area (Å²) in [7, 11) is 1.54. The van der Waals surface area contributed by atoms with Gasteiger partial charge in [0.2, 0.25) is 0 Å². The predicted octanol–water partition coefficient (Wildman–Crippen LogP) is 2.76. The average molecular weight is 273 g/mol. The summed E-state index contributed by atoms with van der Waals surface area (Å²) in [5.41, 5.74) is 6.43. The van der Waals surface area contributed by atoms with Crippen molar-refractivity contribution in [1.29, 1.82) is 0 Å². The zero-order valence-corrected chi connectivity index (χ0v) is 10.8. The van der Waals surface area contributed by atoms with Crippen molar-refractivity contribution in [3.63, 3.8) is 0 Å². The van der Waals surface area contributed by atoms with E-state index in [9.17, 15) is 4.39 Å². The number of furan rings is 1. The average Bonchev–Trinajstić information content (AvgIpc) is 2.84. The molecule has 0 spiro atoms. The molecule has 2 heterocycles. The molecule has 6 heteroatoms. The Kier molecular flexibility index (Phi) is 3.08. The Bertz CT molecular complexity index is 770. The van der Waals surface area contributed by atoms with Crippen molar-refractivity contribution in [3.05, 3.63) is 42.0 Å². The molecule has 2 aromatic heterocycles. The minimum absolute atomic E-state index is 0.202. The van der Waals surface area contributed by atoms with E-state index in [2.05, 4.69) is 9.97 Å². The topological polar surface area (TPSA) is 74.2 Å². The Labute approximate surface area is 114 Å². The van der Waals surface area contributed by atoms with Gasteiger partial charge in [0.15, 0.2) is 23.0 Å². The second-order valence-corrected chi connectivity index (χ2v) is 4.30. The summed E-state index contributed by atoms with van der Waals surface area (Å²) in [4.78, 5) is 8.33. The van der Waals surface area contributed by atoms with Gasteiger partial charge in [-0.05, 0) is 12.1 Å². The van der Waals surface area contributed by atoms with E-state index in [0.29, 0.717) is 28.5 Å². The van der Waals surface area contributed by atoms with E-state index in [1.807, 2.05) is 0 Å². The van der Waals surface area contributed by atoms with Crippen LogP contribution in [0.25, 0.3) is 22.4 Å². The number of nitrogen functional groups attached to an aromatic ring is 1. The molecule has 20 heavy (non-hydrogen) atoms. The van der Waals surface area contributed by atoms with Crippen molar-refractivity contribution in [2.24, 2.45) is 0 Å². The van der Waals surface area contributed by atoms with E-state index in [1.54, 1.807) is 31.4 Å². The molecule has 0 fully saturated rings. The molecular formula is C14H12FN3O2. The Morgan fingerprint density at radius 1 is 1.30 bits per heavy atom. The summed E-state index contributed by atoms with van der Waals surface area (Å²) in [6, 6.07) is 8.04. The van der Waals surface area contributed by atoms with Crippen molar-refractivity contribution >= 4 is 16.8 Å². The normalized spacial score (nSPS) is 11.1. The number of fused-ring (bicyclic) bond motifs is 1. The largest absolute Gasteiger partial charge is 0.451 e. The molecule has 0 aliphatic rings. The van der Waals surface area contributed by atoms with Crippen LogP contribution in [0.3, 0.4) is 0 Å². The van der Waals surface area contributed by atoms with E-state index in [0.717, 1.165) is 0 Å². The monoisotopic (exact) mass is 273 g/mol. The number of hydrogen-bond donors (Lipinski definition) is 1. The smallest absolute Gasteiger partial charge is 0.170 e. The van der Waals surface area contributed by atoms with Crippen LogP contribution in [0.15, 0.2) is 34.7 Å². The molecule has 0 saturated heterocycles. The minimum Gasteiger partial charge on any atom is -0.451 e. The number of halogens is 1. The van der Waals surface area contributed by atoms with Crippen LogP contribution in [0.4, 0.5) is 10.2 Å². The molecule has 0 aliphatic carbocycles. The van der Waals surface area contributed by atoms with Crippen LogP contribution >= 0.6 is 0 Å². The first-order valence-electron chi connectivity index (χ1n) is 5.98. The maximum absolute atomic E-state index is 13.6. The van der Waals surface area contributed by atoms with Crippen molar-refractivity contribution in [1.82, 2.24) is 9.97 Å². The first-order valence-corrected chi connectivity index (χ1v) is 5.98. The maximum Gasteiger partial charge on any atom is 0.170 e. The summed E-state index contributed by atoms with van der Waals surface area (Å²) in [6.07, 6.45) is 0. The van der Waals surface area contributed by atoms with E-state index >= 15 is 0 Å². The molecule has 0 atom stereocenters.